The monoisotopic (exact) mass is 240 g/mol. The van der Waals surface area contributed by atoms with Gasteiger partial charge in [-0.1, -0.05) is 24.6 Å². The lowest BCUT2D eigenvalue weighted by atomic mass is 10.0. The Morgan fingerprint density at radius 1 is 1.38 bits per heavy atom. The zero-order chi connectivity index (χ0) is 12.1. The third-order valence-corrected chi connectivity index (χ3v) is 3.31. The molecule has 1 unspecified atom stereocenters. The molecule has 0 aliphatic heterocycles. The number of anilines is 1. The molecule has 0 aromatic heterocycles. The highest BCUT2D eigenvalue weighted by Gasteiger charge is 2.07. The maximum absolute atomic E-state index is 6.25. The van der Waals surface area contributed by atoms with Crippen LogP contribution in [0.25, 0.3) is 0 Å². The third-order valence-electron chi connectivity index (χ3n) is 2.96. The van der Waals surface area contributed by atoms with E-state index < -0.39 is 0 Å². The SMILES string of the molecule is CCC(N)Cc1ccc(N(C)CC)cc1Cl. The number of nitrogens with two attached hydrogens (primary N) is 1. The van der Waals surface area contributed by atoms with Crippen LogP contribution in [-0.4, -0.2) is 19.6 Å². The predicted molar refractivity (Wildman–Crippen MR) is 72.4 cm³/mol. The van der Waals surface area contributed by atoms with E-state index in [-0.39, 0.29) is 6.04 Å². The molecule has 16 heavy (non-hydrogen) atoms. The molecule has 90 valence electrons. The van der Waals surface area contributed by atoms with Crippen LogP contribution in [0.5, 0.6) is 0 Å². The number of halogens is 1. The first-order valence-corrected chi connectivity index (χ1v) is 6.21. The van der Waals surface area contributed by atoms with Gasteiger partial charge in [0.2, 0.25) is 0 Å². The van der Waals surface area contributed by atoms with Crippen molar-refractivity contribution >= 4 is 17.3 Å². The summed E-state index contributed by atoms with van der Waals surface area (Å²) >= 11 is 6.25. The summed E-state index contributed by atoms with van der Waals surface area (Å²) in [5, 5.41) is 0.821. The molecule has 0 bridgehead atoms. The van der Waals surface area contributed by atoms with Crippen molar-refractivity contribution in [2.75, 3.05) is 18.5 Å². The standard InChI is InChI=1S/C13H21ClN2/c1-4-11(15)8-10-6-7-12(9-13(10)14)16(3)5-2/h6-7,9,11H,4-5,8,15H2,1-3H3. The summed E-state index contributed by atoms with van der Waals surface area (Å²) in [5.74, 6) is 0. The largest absolute Gasteiger partial charge is 0.375 e. The van der Waals surface area contributed by atoms with Crippen LogP contribution in [0.2, 0.25) is 5.02 Å². The van der Waals surface area contributed by atoms with Gasteiger partial charge in [-0.3, -0.25) is 0 Å². The number of rotatable bonds is 5. The summed E-state index contributed by atoms with van der Waals surface area (Å²) in [6, 6.07) is 6.40. The molecular weight excluding hydrogens is 220 g/mol. The Morgan fingerprint density at radius 3 is 2.56 bits per heavy atom. The number of hydrogen-bond donors (Lipinski definition) is 1. The van der Waals surface area contributed by atoms with E-state index in [2.05, 4.69) is 37.9 Å². The fraction of sp³-hybridized carbons (Fsp3) is 0.538. The molecule has 0 amide bonds. The molecule has 0 aliphatic rings. The van der Waals surface area contributed by atoms with Gasteiger partial charge in [0.15, 0.2) is 0 Å². The van der Waals surface area contributed by atoms with Gasteiger partial charge in [-0.2, -0.15) is 0 Å². The zero-order valence-electron chi connectivity index (χ0n) is 10.3. The normalized spacial score (nSPS) is 12.6. The van der Waals surface area contributed by atoms with Crippen molar-refractivity contribution in [3.05, 3.63) is 28.8 Å². The third kappa shape index (κ3) is 3.39. The van der Waals surface area contributed by atoms with Crippen LogP contribution in [0.15, 0.2) is 18.2 Å². The summed E-state index contributed by atoms with van der Waals surface area (Å²) in [5.41, 5.74) is 8.23. The summed E-state index contributed by atoms with van der Waals surface area (Å²) in [7, 11) is 2.06. The lowest BCUT2D eigenvalue weighted by Gasteiger charge is -2.18. The molecule has 0 spiro atoms. The molecule has 0 saturated heterocycles. The van der Waals surface area contributed by atoms with Crippen molar-refractivity contribution in [1.82, 2.24) is 0 Å². The number of hydrogen-bond acceptors (Lipinski definition) is 2. The quantitative estimate of drug-likeness (QED) is 0.857. The topological polar surface area (TPSA) is 29.3 Å². The second-order valence-electron chi connectivity index (χ2n) is 4.16. The molecule has 0 heterocycles. The predicted octanol–water partition coefficient (Wildman–Crippen LogP) is 3.08. The zero-order valence-corrected chi connectivity index (χ0v) is 11.1. The average molecular weight is 241 g/mol. The number of benzene rings is 1. The molecule has 2 nitrogen and oxygen atoms in total. The summed E-state index contributed by atoms with van der Waals surface area (Å²) in [6.07, 6.45) is 1.83. The second kappa shape index (κ2) is 6.12. The van der Waals surface area contributed by atoms with Gasteiger partial charge in [0.25, 0.3) is 0 Å². The minimum absolute atomic E-state index is 0.201. The van der Waals surface area contributed by atoms with E-state index in [1.807, 2.05) is 6.07 Å². The van der Waals surface area contributed by atoms with Gasteiger partial charge in [-0.25, -0.2) is 0 Å². The highest BCUT2D eigenvalue weighted by atomic mass is 35.5. The molecule has 0 fully saturated rings. The van der Waals surface area contributed by atoms with Crippen LogP contribution in [0.1, 0.15) is 25.8 Å². The van der Waals surface area contributed by atoms with Gasteiger partial charge in [0.05, 0.1) is 0 Å². The summed E-state index contributed by atoms with van der Waals surface area (Å²) in [6.45, 7) is 5.19. The fourth-order valence-electron chi connectivity index (χ4n) is 1.55. The van der Waals surface area contributed by atoms with Crippen LogP contribution in [0.4, 0.5) is 5.69 Å². The highest BCUT2D eigenvalue weighted by molar-refractivity contribution is 6.31. The Morgan fingerprint density at radius 2 is 2.06 bits per heavy atom. The maximum atomic E-state index is 6.25. The smallest absolute Gasteiger partial charge is 0.0459 e. The first-order chi connectivity index (χ1) is 7.58. The second-order valence-corrected chi connectivity index (χ2v) is 4.57. The van der Waals surface area contributed by atoms with E-state index in [4.69, 9.17) is 17.3 Å². The van der Waals surface area contributed by atoms with E-state index >= 15 is 0 Å². The minimum atomic E-state index is 0.201. The summed E-state index contributed by atoms with van der Waals surface area (Å²) < 4.78 is 0. The van der Waals surface area contributed by atoms with E-state index in [0.717, 1.165) is 35.7 Å². The molecular formula is C13H21ClN2. The van der Waals surface area contributed by atoms with Gasteiger partial charge in [0, 0.05) is 30.3 Å². The Labute approximate surface area is 103 Å². The molecule has 0 saturated carbocycles. The molecule has 1 rings (SSSR count). The van der Waals surface area contributed by atoms with E-state index in [1.54, 1.807) is 0 Å². The number of nitrogens with zero attached hydrogens (tertiary/aromatic N) is 1. The Balaban J connectivity index is 2.83. The maximum Gasteiger partial charge on any atom is 0.0459 e. The lowest BCUT2D eigenvalue weighted by molar-refractivity contribution is 0.646. The average Bonchev–Trinajstić information content (AvgIpc) is 2.30. The Kier molecular flexibility index (Phi) is 5.10. The van der Waals surface area contributed by atoms with Crippen molar-refractivity contribution in [3.63, 3.8) is 0 Å². The van der Waals surface area contributed by atoms with Gasteiger partial charge in [0.1, 0.15) is 0 Å². The molecule has 1 aromatic rings. The first-order valence-electron chi connectivity index (χ1n) is 5.83. The van der Waals surface area contributed by atoms with Crippen molar-refractivity contribution < 1.29 is 0 Å². The van der Waals surface area contributed by atoms with Crippen LogP contribution in [-0.2, 0) is 6.42 Å². The molecule has 0 aliphatic carbocycles. The van der Waals surface area contributed by atoms with Gasteiger partial charge in [-0.05, 0) is 37.5 Å². The van der Waals surface area contributed by atoms with E-state index in [0.29, 0.717) is 0 Å². The Hall–Kier alpha value is -0.730. The molecule has 1 aromatic carbocycles. The highest BCUT2D eigenvalue weighted by Crippen LogP contribution is 2.24. The van der Waals surface area contributed by atoms with Crippen molar-refractivity contribution in [2.24, 2.45) is 5.73 Å². The lowest BCUT2D eigenvalue weighted by Crippen LogP contribution is -2.21. The Bertz CT molecular complexity index is 339. The van der Waals surface area contributed by atoms with Crippen molar-refractivity contribution in [3.8, 4) is 0 Å². The van der Waals surface area contributed by atoms with E-state index in [1.165, 1.54) is 0 Å². The van der Waals surface area contributed by atoms with E-state index in [9.17, 15) is 0 Å². The molecule has 1 atom stereocenters. The van der Waals surface area contributed by atoms with Gasteiger partial charge < -0.3 is 10.6 Å². The molecule has 3 heteroatoms. The van der Waals surface area contributed by atoms with Crippen LogP contribution < -0.4 is 10.6 Å². The molecule has 2 N–H and O–H groups in total. The summed E-state index contributed by atoms with van der Waals surface area (Å²) in [4.78, 5) is 2.16. The molecule has 0 radical (unpaired) electrons. The minimum Gasteiger partial charge on any atom is -0.375 e. The van der Waals surface area contributed by atoms with Crippen LogP contribution in [0.3, 0.4) is 0 Å². The van der Waals surface area contributed by atoms with Gasteiger partial charge >= 0.3 is 0 Å². The first kappa shape index (κ1) is 13.3. The fourth-order valence-corrected chi connectivity index (χ4v) is 1.80. The van der Waals surface area contributed by atoms with Crippen LogP contribution in [0, 0.1) is 0 Å². The van der Waals surface area contributed by atoms with Crippen molar-refractivity contribution in [1.29, 1.82) is 0 Å². The van der Waals surface area contributed by atoms with Gasteiger partial charge in [-0.15, -0.1) is 0 Å². The van der Waals surface area contributed by atoms with Crippen LogP contribution >= 0.6 is 11.6 Å². The van der Waals surface area contributed by atoms with Crippen molar-refractivity contribution in [2.45, 2.75) is 32.7 Å².